The summed E-state index contributed by atoms with van der Waals surface area (Å²) in [5.41, 5.74) is 0. The standard InChI is InChI=1S/C34H63NO3/c1-3-5-7-9-11-13-14-15-16-17-18-19-20-21-22-24-26-28-30-34(38)35-32(31-36)33(37)29-27-25-23-12-10-8-6-4-2/h13-14,16-17,27,29,32-33,36-37H,3-12,15,18-26,28,30-31H2,1-2H3,(H,35,38)/b14-13-,17-16-,29-27+. The van der Waals surface area contributed by atoms with Gasteiger partial charge in [0.1, 0.15) is 0 Å². The Morgan fingerprint density at radius 3 is 1.61 bits per heavy atom. The van der Waals surface area contributed by atoms with Crippen molar-refractivity contribution in [2.75, 3.05) is 6.61 Å². The number of carbonyl (C=O) groups excluding carboxylic acids is 1. The summed E-state index contributed by atoms with van der Waals surface area (Å²) in [6, 6.07) is -0.621. The summed E-state index contributed by atoms with van der Waals surface area (Å²) in [6.45, 7) is 4.23. The zero-order valence-electron chi connectivity index (χ0n) is 25.2. The molecule has 222 valence electrons. The normalized spacial score (nSPS) is 13.7. The molecule has 0 saturated carbocycles. The van der Waals surface area contributed by atoms with Gasteiger partial charge in [0.2, 0.25) is 5.91 Å². The topological polar surface area (TPSA) is 69.6 Å². The molecule has 0 saturated heterocycles. The van der Waals surface area contributed by atoms with E-state index in [2.05, 4.69) is 43.5 Å². The van der Waals surface area contributed by atoms with E-state index in [9.17, 15) is 15.0 Å². The Labute approximate surface area is 236 Å². The van der Waals surface area contributed by atoms with Crippen molar-refractivity contribution >= 4 is 5.91 Å². The highest BCUT2D eigenvalue weighted by Gasteiger charge is 2.17. The van der Waals surface area contributed by atoms with Gasteiger partial charge in [0.15, 0.2) is 0 Å². The second kappa shape index (κ2) is 30.2. The van der Waals surface area contributed by atoms with Crippen molar-refractivity contribution in [3.05, 3.63) is 36.5 Å². The predicted molar refractivity (Wildman–Crippen MR) is 165 cm³/mol. The molecule has 4 nitrogen and oxygen atoms in total. The van der Waals surface area contributed by atoms with Crippen molar-refractivity contribution in [1.82, 2.24) is 5.32 Å². The molecule has 38 heavy (non-hydrogen) atoms. The van der Waals surface area contributed by atoms with E-state index in [0.717, 1.165) is 32.1 Å². The Morgan fingerprint density at radius 1 is 0.632 bits per heavy atom. The number of carbonyl (C=O) groups is 1. The van der Waals surface area contributed by atoms with Crippen LogP contribution in [-0.2, 0) is 4.79 Å². The highest BCUT2D eigenvalue weighted by atomic mass is 16.3. The molecule has 0 aromatic heterocycles. The molecule has 0 heterocycles. The fourth-order valence-electron chi connectivity index (χ4n) is 4.56. The van der Waals surface area contributed by atoms with Gasteiger partial charge in [-0.15, -0.1) is 0 Å². The molecule has 0 aliphatic carbocycles. The fourth-order valence-corrected chi connectivity index (χ4v) is 4.56. The van der Waals surface area contributed by atoms with E-state index >= 15 is 0 Å². The Kier molecular flexibility index (Phi) is 29.1. The van der Waals surface area contributed by atoms with Crippen molar-refractivity contribution in [1.29, 1.82) is 0 Å². The zero-order chi connectivity index (χ0) is 27.9. The Bertz CT molecular complexity index is 584. The van der Waals surface area contributed by atoms with E-state index in [1.54, 1.807) is 6.08 Å². The molecule has 0 radical (unpaired) electrons. The lowest BCUT2D eigenvalue weighted by Crippen LogP contribution is -2.45. The number of unbranched alkanes of at least 4 members (excludes halogenated alkanes) is 17. The van der Waals surface area contributed by atoms with Crippen LogP contribution < -0.4 is 5.32 Å². The molecule has 0 spiro atoms. The maximum atomic E-state index is 12.2. The van der Waals surface area contributed by atoms with Crippen LogP contribution in [0.1, 0.15) is 155 Å². The average Bonchev–Trinajstić information content (AvgIpc) is 2.92. The largest absolute Gasteiger partial charge is 0.394 e. The minimum Gasteiger partial charge on any atom is -0.394 e. The van der Waals surface area contributed by atoms with Crippen molar-refractivity contribution in [2.24, 2.45) is 0 Å². The molecule has 2 unspecified atom stereocenters. The van der Waals surface area contributed by atoms with E-state index in [0.29, 0.717) is 6.42 Å². The number of rotatable bonds is 28. The summed E-state index contributed by atoms with van der Waals surface area (Å²) in [5.74, 6) is -0.0782. The van der Waals surface area contributed by atoms with Crippen LogP contribution >= 0.6 is 0 Å². The summed E-state index contributed by atoms with van der Waals surface area (Å²) in [5, 5.41) is 22.7. The molecular weight excluding hydrogens is 470 g/mol. The predicted octanol–water partition coefficient (Wildman–Crippen LogP) is 9.12. The van der Waals surface area contributed by atoms with Gasteiger partial charge >= 0.3 is 0 Å². The van der Waals surface area contributed by atoms with E-state index in [4.69, 9.17) is 0 Å². The molecule has 0 rings (SSSR count). The van der Waals surface area contributed by atoms with Crippen molar-refractivity contribution in [3.63, 3.8) is 0 Å². The molecule has 0 fully saturated rings. The Morgan fingerprint density at radius 2 is 1.08 bits per heavy atom. The first-order valence-electron chi connectivity index (χ1n) is 16.2. The monoisotopic (exact) mass is 533 g/mol. The fraction of sp³-hybridized carbons (Fsp3) is 0.794. The van der Waals surface area contributed by atoms with Crippen LogP contribution in [0, 0.1) is 0 Å². The van der Waals surface area contributed by atoms with Crippen molar-refractivity contribution in [2.45, 2.75) is 167 Å². The quantitative estimate of drug-likeness (QED) is 0.0693. The minimum atomic E-state index is -0.837. The number of hydrogen-bond donors (Lipinski definition) is 3. The second-order valence-electron chi connectivity index (χ2n) is 10.9. The number of aliphatic hydroxyl groups excluding tert-OH is 2. The van der Waals surface area contributed by atoms with Gasteiger partial charge in [-0.3, -0.25) is 4.79 Å². The third-order valence-electron chi connectivity index (χ3n) is 7.12. The van der Waals surface area contributed by atoms with Crippen LogP contribution in [0.3, 0.4) is 0 Å². The van der Waals surface area contributed by atoms with E-state index < -0.39 is 12.1 Å². The molecule has 2 atom stereocenters. The third kappa shape index (κ3) is 26.2. The van der Waals surface area contributed by atoms with Gasteiger partial charge in [-0.1, -0.05) is 134 Å². The third-order valence-corrected chi connectivity index (χ3v) is 7.12. The summed E-state index contributed by atoms with van der Waals surface area (Å²) in [6.07, 6.45) is 37.9. The second-order valence-corrected chi connectivity index (χ2v) is 10.9. The molecule has 3 N–H and O–H groups in total. The average molecular weight is 534 g/mol. The van der Waals surface area contributed by atoms with Gasteiger partial charge < -0.3 is 15.5 Å². The lowest BCUT2D eigenvalue weighted by atomic mass is 10.1. The lowest BCUT2D eigenvalue weighted by Gasteiger charge is -2.20. The molecule has 0 aromatic rings. The van der Waals surface area contributed by atoms with Gasteiger partial charge in [0, 0.05) is 6.42 Å². The first-order valence-corrected chi connectivity index (χ1v) is 16.2. The van der Waals surface area contributed by atoms with Gasteiger partial charge in [-0.25, -0.2) is 0 Å². The minimum absolute atomic E-state index is 0.0782. The number of nitrogens with one attached hydrogen (secondary N) is 1. The summed E-state index contributed by atoms with van der Waals surface area (Å²) >= 11 is 0. The molecule has 1 amide bonds. The Hall–Kier alpha value is -1.39. The van der Waals surface area contributed by atoms with Gasteiger partial charge in [0.25, 0.3) is 0 Å². The van der Waals surface area contributed by atoms with Crippen LogP contribution in [-0.4, -0.2) is 34.9 Å². The Balaban J connectivity index is 3.64. The van der Waals surface area contributed by atoms with Crippen molar-refractivity contribution < 1.29 is 15.0 Å². The highest BCUT2D eigenvalue weighted by Crippen LogP contribution is 2.11. The molecule has 0 aliphatic rings. The van der Waals surface area contributed by atoms with Crippen LogP contribution in [0.2, 0.25) is 0 Å². The SMILES string of the molecule is CCCCCC/C=C\C/C=C\CCCCCCCCCC(=O)NC(CO)C(O)/C=C/CCCCCCCC. The van der Waals surface area contributed by atoms with Gasteiger partial charge in [-0.05, 0) is 51.4 Å². The molecule has 0 aromatic carbocycles. The van der Waals surface area contributed by atoms with E-state index in [-0.39, 0.29) is 12.5 Å². The van der Waals surface area contributed by atoms with Crippen LogP contribution in [0.5, 0.6) is 0 Å². The number of aliphatic hydroxyl groups is 2. The van der Waals surface area contributed by atoms with Crippen LogP contribution in [0.15, 0.2) is 36.5 Å². The van der Waals surface area contributed by atoms with Gasteiger partial charge in [-0.2, -0.15) is 0 Å². The van der Waals surface area contributed by atoms with E-state index in [1.165, 1.54) is 103 Å². The van der Waals surface area contributed by atoms with Crippen LogP contribution in [0.25, 0.3) is 0 Å². The van der Waals surface area contributed by atoms with Crippen molar-refractivity contribution in [3.8, 4) is 0 Å². The smallest absolute Gasteiger partial charge is 0.220 e. The summed E-state index contributed by atoms with van der Waals surface area (Å²) in [7, 11) is 0. The summed E-state index contributed by atoms with van der Waals surface area (Å²) < 4.78 is 0. The number of amides is 1. The van der Waals surface area contributed by atoms with E-state index in [1.807, 2.05) is 6.08 Å². The zero-order valence-corrected chi connectivity index (χ0v) is 25.2. The maximum Gasteiger partial charge on any atom is 0.220 e. The summed E-state index contributed by atoms with van der Waals surface area (Å²) in [4.78, 5) is 12.2. The first kappa shape index (κ1) is 36.6. The lowest BCUT2D eigenvalue weighted by molar-refractivity contribution is -0.123. The highest BCUT2D eigenvalue weighted by molar-refractivity contribution is 5.76. The van der Waals surface area contributed by atoms with Crippen LogP contribution in [0.4, 0.5) is 0 Å². The first-order chi connectivity index (χ1) is 18.7. The molecule has 0 bridgehead atoms. The number of allylic oxidation sites excluding steroid dienone is 5. The maximum absolute atomic E-state index is 12.2. The molecule has 4 heteroatoms. The molecule has 0 aliphatic heterocycles. The molecular formula is C34H63NO3. The van der Waals surface area contributed by atoms with Gasteiger partial charge in [0.05, 0.1) is 18.8 Å². The number of hydrogen-bond acceptors (Lipinski definition) is 3.